The van der Waals surface area contributed by atoms with Crippen LogP contribution >= 0.6 is 7.80 Å². The average molecular weight is 218 g/mol. The molecule has 0 amide bonds. The van der Waals surface area contributed by atoms with Crippen molar-refractivity contribution in [3.8, 4) is 0 Å². The van der Waals surface area contributed by atoms with Crippen LogP contribution in [-0.2, 0) is 0 Å². The summed E-state index contributed by atoms with van der Waals surface area (Å²) >= 11 is 0. The summed E-state index contributed by atoms with van der Waals surface area (Å²) in [4.78, 5) is 0. The zero-order chi connectivity index (χ0) is 9.80. The van der Waals surface area contributed by atoms with Gasteiger partial charge in [-0.05, 0) is 37.0 Å². The van der Waals surface area contributed by atoms with Crippen molar-refractivity contribution in [3.05, 3.63) is 0 Å². The minimum absolute atomic E-state index is 0. The van der Waals surface area contributed by atoms with Crippen LogP contribution in [0, 0.1) is 0 Å². The van der Waals surface area contributed by atoms with Gasteiger partial charge < -0.3 is 0 Å². The standard InChI is InChI=1S/C12H24BP.Li.H/c13-14(11-7-3-1-4-8-11)12-9-5-2-6-10-12;;/h11-12H,1-10,13H2;;. The second-order valence-corrected chi connectivity index (χ2v) is 8.04. The molecule has 2 aliphatic rings. The van der Waals surface area contributed by atoms with Gasteiger partial charge in [0.05, 0.1) is 0 Å². The van der Waals surface area contributed by atoms with Crippen LogP contribution in [0.5, 0.6) is 0 Å². The normalized spacial score (nSPS) is 25.1. The topological polar surface area (TPSA) is 0 Å². The molecule has 2 aliphatic carbocycles. The number of rotatable bonds is 2. The van der Waals surface area contributed by atoms with Crippen LogP contribution < -0.4 is 0 Å². The van der Waals surface area contributed by atoms with Crippen LogP contribution in [0.4, 0.5) is 0 Å². The molecule has 0 heterocycles. The summed E-state index contributed by atoms with van der Waals surface area (Å²) in [7, 11) is 3.00. The van der Waals surface area contributed by atoms with Crippen molar-refractivity contribution in [1.29, 1.82) is 0 Å². The molecule has 0 nitrogen and oxygen atoms in total. The van der Waals surface area contributed by atoms with Crippen LogP contribution in [0.15, 0.2) is 0 Å². The molecule has 82 valence electrons. The Hall–Kier alpha value is 1.09. The molecular weight excluding hydrogens is 193 g/mol. The molecule has 2 fully saturated rings. The molecule has 0 spiro atoms. The molecule has 0 unspecified atom stereocenters. The van der Waals surface area contributed by atoms with Crippen molar-refractivity contribution in [1.82, 2.24) is 0 Å². The van der Waals surface area contributed by atoms with Crippen molar-refractivity contribution in [2.45, 2.75) is 75.5 Å². The Morgan fingerprint density at radius 3 is 1.33 bits per heavy atom. The van der Waals surface area contributed by atoms with E-state index in [1.165, 1.54) is 38.5 Å². The second kappa shape index (κ2) is 7.42. The fourth-order valence-corrected chi connectivity index (χ4v) is 6.23. The first-order valence-corrected chi connectivity index (χ1v) is 8.52. The first-order valence-electron chi connectivity index (χ1n) is 6.60. The number of hydrogen-bond donors (Lipinski definition) is 0. The van der Waals surface area contributed by atoms with Gasteiger partial charge in [-0.2, -0.15) is 0 Å². The summed E-state index contributed by atoms with van der Waals surface area (Å²) in [6.07, 6.45) is 15.4. The van der Waals surface area contributed by atoms with E-state index in [4.69, 9.17) is 0 Å². The molecule has 0 aromatic heterocycles. The Bertz CT molecular complexity index is 147. The third-order valence-electron chi connectivity index (χ3n) is 4.30. The average Bonchev–Trinajstić information content (AvgIpc) is 2.30. The van der Waals surface area contributed by atoms with Crippen LogP contribution in [0.1, 0.15) is 64.2 Å². The van der Waals surface area contributed by atoms with E-state index in [1.807, 2.05) is 0 Å². The van der Waals surface area contributed by atoms with Crippen LogP contribution in [-0.4, -0.2) is 37.7 Å². The first-order chi connectivity index (χ1) is 6.88. The molecule has 0 aromatic rings. The third kappa shape index (κ3) is 4.11. The van der Waals surface area contributed by atoms with Crippen molar-refractivity contribution in [3.63, 3.8) is 0 Å². The zero-order valence-electron chi connectivity index (χ0n) is 9.67. The molecule has 0 bridgehead atoms. The Kier molecular flexibility index (Phi) is 7.01. The van der Waals surface area contributed by atoms with Gasteiger partial charge in [0.1, 0.15) is 7.57 Å². The van der Waals surface area contributed by atoms with E-state index in [0.717, 1.165) is 11.3 Å². The fraction of sp³-hybridized carbons (Fsp3) is 1.00. The van der Waals surface area contributed by atoms with E-state index in [-0.39, 0.29) is 18.9 Å². The quantitative estimate of drug-likeness (QED) is 0.493. The first kappa shape index (κ1) is 14.2. The molecule has 0 atom stereocenters. The van der Waals surface area contributed by atoms with Crippen molar-refractivity contribution < 1.29 is 0 Å². The van der Waals surface area contributed by atoms with Gasteiger partial charge in [0.25, 0.3) is 0 Å². The van der Waals surface area contributed by atoms with E-state index in [1.54, 1.807) is 25.7 Å². The summed E-state index contributed by atoms with van der Waals surface area (Å²) in [6.45, 7) is 0. The Morgan fingerprint density at radius 2 is 1.00 bits per heavy atom. The van der Waals surface area contributed by atoms with E-state index >= 15 is 0 Å². The van der Waals surface area contributed by atoms with Crippen LogP contribution in [0.25, 0.3) is 0 Å². The van der Waals surface area contributed by atoms with Gasteiger partial charge in [-0.15, -0.1) is 7.80 Å². The van der Waals surface area contributed by atoms with Crippen LogP contribution in [0.2, 0.25) is 0 Å². The van der Waals surface area contributed by atoms with Gasteiger partial charge in [0.2, 0.25) is 0 Å². The summed E-state index contributed by atoms with van der Waals surface area (Å²) < 4.78 is 0. The van der Waals surface area contributed by atoms with E-state index in [0.29, 0.717) is 7.80 Å². The molecular formula is C12H25BLiP. The Morgan fingerprint density at radius 1 is 0.667 bits per heavy atom. The summed E-state index contributed by atoms with van der Waals surface area (Å²) in [5.74, 6) is 0. The predicted octanol–water partition coefficient (Wildman–Crippen LogP) is 3.03. The summed E-state index contributed by atoms with van der Waals surface area (Å²) in [6, 6.07) is 0. The molecule has 0 saturated heterocycles. The minimum atomic E-state index is 0. The third-order valence-corrected chi connectivity index (χ3v) is 7.64. The molecule has 0 aliphatic heterocycles. The van der Waals surface area contributed by atoms with Crippen molar-refractivity contribution >= 4 is 34.2 Å². The summed E-state index contributed by atoms with van der Waals surface area (Å²) in [5.41, 5.74) is 2.31. The van der Waals surface area contributed by atoms with E-state index in [2.05, 4.69) is 7.57 Å². The van der Waals surface area contributed by atoms with E-state index in [9.17, 15) is 0 Å². The maximum absolute atomic E-state index is 2.61. The molecule has 0 radical (unpaired) electrons. The SMILES string of the molecule is BP(C1CCCCC1)C1CCCCC1.[LiH]. The molecule has 0 N–H and O–H groups in total. The van der Waals surface area contributed by atoms with Gasteiger partial charge >= 0.3 is 18.9 Å². The van der Waals surface area contributed by atoms with Crippen LogP contribution in [0.3, 0.4) is 0 Å². The zero-order valence-corrected chi connectivity index (χ0v) is 10.6. The van der Waals surface area contributed by atoms with Gasteiger partial charge in [-0.25, -0.2) is 0 Å². The monoisotopic (exact) mass is 218 g/mol. The van der Waals surface area contributed by atoms with E-state index < -0.39 is 0 Å². The molecule has 2 rings (SSSR count). The van der Waals surface area contributed by atoms with Crippen molar-refractivity contribution in [2.24, 2.45) is 0 Å². The van der Waals surface area contributed by atoms with Crippen molar-refractivity contribution in [2.75, 3.05) is 0 Å². The molecule has 0 aromatic carbocycles. The van der Waals surface area contributed by atoms with Gasteiger partial charge in [-0.1, -0.05) is 38.5 Å². The predicted molar refractivity (Wildman–Crippen MR) is 76.4 cm³/mol. The molecule has 2 saturated carbocycles. The Labute approximate surface area is 110 Å². The molecule has 3 heteroatoms. The van der Waals surface area contributed by atoms with Gasteiger partial charge in [0, 0.05) is 0 Å². The maximum atomic E-state index is 2.61. The number of hydrogen-bond acceptors (Lipinski definition) is 0. The van der Waals surface area contributed by atoms with Gasteiger partial charge in [-0.3, -0.25) is 0 Å². The second-order valence-electron chi connectivity index (χ2n) is 5.25. The Balaban J connectivity index is 0.00000112. The fourth-order valence-electron chi connectivity index (χ4n) is 3.27. The molecule has 15 heavy (non-hydrogen) atoms. The van der Waals surface area contributed by atoms with Gasteiger partial charge in [0.15, 0.2) is 0 Å². The summed E-state index contributed by atoms with van der Waals surface area (Å²) in [5, 5.41) is 0.